The highest BCUT2D eigenvalue weighted by Gasteiger charge is 2.68. The van der Waals surface area contributed by atoms with Gasteiger partial charge in [-0.2, -0.15) is 0 Å². The number of amides is 1. The fourth-order valence-electron chi connectivity index (χ4n) is 7.00. The predicted molar refractivity (Wildman–Crippen MR) is 121 cm³/mol. The third kappa shape index (κ3) is 3.20. The Morgan fingerprint density at radius 3 is 2.72 bits per heavy atom. The molecule has 2 bridgehead atoms. The predicted octanol–water partition coefficient (Wildman–Crippen LogP) is 4.51. The minimum Gasteiger partial charge on any atom is -0.493 e. The van der Waals surface area contributed by atoms with E-state index in [-0.39, 0.29) is 34.8 Å². The van der Waals surface area contributed by atoms with Crippen molar-refractivity contribution in [2.24, 2.45) is 28.6 Å². The highest BCUT2D eigenvalue weighted by Crippen LogP contribution is 2.70. The van der Waals surface area contributed by atoms with E-state index in [4.69, 9.17) is 18.9 Å². The molecule has 6 nitrogen and oxygen atoms in total. The Morgan fingerprint density at radius 1 is 1.19 bits per heavy atom. The molecule has 0 aromatic heterocycles. The van der Waals surface area contributed by atoms with E-state index in [9.17, 15) is 4.79 Å². The summed E-state index contributed by atoms with van der Waals surface area (Å²) in [5, 5.41) is 3.48. The molecule has 1 spiro atoms. The second-order valence-electron chi connectivity index (χ2n) is 11.0. The van der Waals surface area contributed by atoms with Crippen LogP contribution in [0.5, 0.6) is 17.2 Å². The van der Waals surface area contributed by atoms with Crippen LogP contribution < -0.4 is 19.5 Å². The van der Waals surface area contributed by atoms with Gasteiger partial charge in [-0.3, -0.25) is 4.79 Å². The van der Waals surface area contributed by atoms with Crippen molar-refractivity contribution in [1.82, 2.24) is 5.32 Å². The van der Waals surface area contributed by atoms with E-state index in [1.54, 1.807) is 7.11 Å². The number of nitrogens with one attached hydrogen (secondary N) is 1. The van der Waals surface area contributed by atoms with Gasteiger partial charge in [0.15, 0.2) is 11.5 Å². The molecule has 2 heterocycles. The molecule has 2 aliphatic heterocycles. The average Bonchev–Trinajstić information content (AvgIpc) is 3.13. The number of ether oxygens (including phenoxy) is 4. The van der Waals surface area contributed by atoms with Crippen LogP contribution in [0.3, 0.4) is 0 Å². The molecule has 1 amide bonds. The maximum Gasteiger partial charge on any atom is 0.222 e. The zero-order valence-corrected chi connectivity index (χ0v) is 20.0. The van der Waals surface area contributed by atoms with Crippen molar-refractivity contribution in [2.45, 2.75) is 65.5 Å². The van der Waals surface area contributed by atoms with Crippen molar-refractivity contribution in [1.29, 1.82) is 0 Å². The van der Waals surface area contributed by atoms with Gasteiger partial charge in [-0.05, 0) is 59.6 Å². The number of benzene rings is 1. The van der Waals surface area contributed by atoms with Crippen LogP contribution in [0.1, 0.15) is 65.0 Å². The van der Waals surface area contributed by atoms with E-state index >= 15 is 0 Å². The maximum atomic E-state index is 12.8. The number of hydrogen-bond acceptors (Lipinski definition) is 5. The van der Waals surface area contributed by atoms with Crippen LogP contribution in [0.15, 0.2) is 12.1 Å². The first-order valence-electron chi connectivity index (χ1n) is 12.2. The second-order valence-corrected chi connectivity index (χ2v) is 11.0. The molecule has 1 aromatic rings. The largest absolute Gasteiger partial charge is 0.493 e. The average molecular weight is 444 g/mol. The molecule has 2 saturated carbocycles. The number of hydrogen-bond donors (Lipinski definition) is 1. The van der Waals surface area contributed by atoms with E-state index < -0.39 is 0 Å². The van der Waals surface area contributed by atoms with Crippen molar-refractivity contribution >= 4 is 5.91 Å². The van der Waals surface area contributed by atoms with E-state index in [1.165, 1.54) is 0 Å². The molecule has 176 valence electrons. The fraction of sp³-hybridized carbons (Fsp3) is 0.731. The molecule has 1 saturated heterocycles. The smallest absolute Gasteiger partial charge is 0.222 e. The van der Waals surface area contributed by atoms with Gasteiger partial charge in [0.25, 0.3) is 0 Å². The van der Waals surface area contributed by atoms with Gasteiger partial charge < -0.3 is 24.3 Å². The molecule has 3 fully saturated rings. The summed E-state index contributed by atoms with van der Waals surface area (Å²) in [5.74, 6) is 3.22. The van der Waals surface area contributed by atoms with Crippen LogP contribution in [0, 0.1) is 28.6 Å². The summed E-state index contributed by atoms with van der Waals surface area (Å²) in [6, 6.07) is 4.32. The Morgan fingerprint density at radius 2 is 1.97 bits per heavy atom. The number of carbonyl (C=O) groups is 1. The first-order chi connectivity index (χ1) is 15.3. The van der Waals surface area contributed by atoms with Crippen LogP contribution in [-0.4, -0.2) is 38.9 Å². The topological polar surface area (TPSA) is 66.0 Å². The summed E-state index contributed by atoms with van der Waals surface area (Å²) in [4.78, 5) is 12.8. The molecule has 6 heteroatoms. The lowest BCUT2D eigenvalue weighted by Crippen LogP contribution is -2.59. The molecule has 1 N–H and O–H groups in total. The van der Waals surface area contributed by atoms with Gasteiger partial charge in [0.1, 0.15) is 0 Å². The lowest BCUT2D eigenvalue weighted by Gasteiger charge is -2.53. The van der Waals surface area contributed by atoms with Crippen molar-refractivity contribution in [3.05, 3.63) is 17.7 Å². The van der Waals surface area contributed by atoms with Gasteiger partial charge in [0.05, 0.1) is 26.4 Å². The quantitative estimate of drug-likeness (QED) is 0.742. The first-order valence-corrected chi connectivity index (χ1v) is 12.2. The molecule has 1 aromatic carbocycles. The van der Waals surface area contributed by atoms with Crippen molar-refractivity contribution in [3.63, 3.8) is 0 Å². The highest BCUT2D eigenvalue weighted by molar-refractivity contribution is 5.78. The monoisotopic (exact) mass is 443 g/mol. The summed E-state index contributed by atoms with van der Waals surface area (Å²) in [5.41, 5.74) is 1.25. The highest BCUT2D eigenvalue weighted by atomic mass is 16.5. The van der Waals surface area contributed by atoms with E-state index in [1.807, 2.05) is 13.8 Å². The molecular formula is C26H37NO5. The minimum atomic E-state index is -0.0330. The zero-order valence-electron chi connectivity index (χ0n) is 20.0. The summed E-state index contributed by atoms with van der Waals surface area (Å²) in [7, 11) is 1.67. The van der Waals surface area contributed by atoms with Crippen LogP contribution in [0.25, 0.3) is 0 Å². The van der Waals surface area contributed by atoms with Crippen LogP contribution in [0.2, 0.25) is 0 Å². The first kappa shape index (κ1) is 21.9. The van der Waals surface area contributed by atoms with E-state index in [0.717, 1.165) is 37.0 Å². The normalized spacial score (nSPS) is 34.7. The molecule has 2 aliphatic carbocycles. The Hall–Kier alpha value is -1.95. The van der Waals surface area contributed by atoms with Crippen molar-refractivity contribution in [2.75, 3.05) is 26.9 Å². The standard InChI is InChI=1S/C26H37NO5/c1-15(2)23(28)27-24-25(3,4)17-13-18-21(32-10-7-26(18,24)14-17)16-11-19(29-5)22-20(12-16)30-8-6-9-31-22/h11-12,15,17-18,21,24H,6-10,13-14H2,1-5H3,(H,27,28)/t17-,18-,21-,24-,26?/m1/s1. The van der Waals surface area contributed by atoms with Crippen LogP contribution in [0.4, 0.5) is 0 Å². The molecule has 32 heavy (non-hydrogen) atoms. The number of rotatable bonds is 4. The van der Waals surface area contributed by atoms with Gasteiger partial charge >= 0.3 is 0 Å². The molecule has 5 rings (SSSR count). The Labute approximate surface area is 191 Å². The third-order valence-corrected chi connectivity index (χ3v) is 8.70. The molecule has 1 unspecified atom stereocenters. The summed E-state index contributed by atoms with van der Waals surface area (Å²) in [6.45, 7) is 10.6. The second kappa shape index (κ2) is 7.82. The van der Waals surface area contributed by atoms with Crippen molar-refractivity contribution < 1.29 is 23.7 Å². The van der Waals surface area contributed by atoms with Crippen LogP contribution >= 0.6 is 0 Å². The summed E-state index contributed by atoms with van der Waals surface area (Å²) >= 11 is 0. The summed E-state index contributed by atoms with van der Waals surface area (Å²) in [6.07, 6.45) is 4.11. The van der Waals surface area contributed by atoms with Gasteiger partial charge in [0, 0.05) is 25.0 Å². The lowest BCUT2D eigenvalue weighted by atomic mass is 9.58. The SMILES string of the molecule is COc1cc([C@H]2OCCC34C[C@@H](C[C@H]23)C(C)(C)[C@H]4NC(=O)C(C)C)cc2c1OCCCO2. The Balaban J connectivity index is 1.51. The van der Waals surface area contributed by atoms with E-state index in [2.05, 4.69) is 31.3 Å². The van der Waals surface area contributed by atoms with Gasteiger partial charge in [0.2, 0.25) is 11.7 Å². The van der Waals surface area contributed by atoms with Gasteiger partial charge in [-0.25, -0.2) is 0 Å². The molecular weight excluding hydrogens is 406 g/mol. The zero-order chi connectivity index (χ0) is 22.7. The molecule has 4 aliphatic rings. The third-order valence-electron chi connectivity index (χ3n) is 8.70. The van der Waals surface area contributed by atoms with Crippen molar-refractivity contribution in [3.8, 4) is 17.2 Å². The van der Waals surface area contributed by atoms with Gasteiger partial charge in [-0.1, -0.05) is 27.7 Å². The maximum absolute atomic E-state index is 12.8. The molecule has 0 radical (unpaired) electrons. The minimum absolute atomic E-state index is 0.0126. The molecule has 5 atom stereocenters. The number of fused-ring (bicyclic) bond motifs is 2. The van der Waals surface area contributed by atoms with Crippen LogP contribution in [-0.2, 0) is 9.53 Å². The van der Waals surface area contributed by atoms with E-state index in [0.29, 0.717) is 43.2 Å². The number of methoxy groups -OCH3 is 1. The van der Waals surface area contributed by atoms with Gasteiger partial charge in [-0.15, -0.1) is 0 Å². The Bertz CT molecular complexity index is 896. The number of carbonyl (C=O) groups excluding carboxylic acids is 1. The Kier molecular flexibility index (Phi) is 5.35. The fourth-order valence-corrected chi connectivity index (χ4v) is 7.00. The summed E-state index contributed by atoms with van der Waals surface area (Å²) < 4.78 is 24.1. The lowest BCUT2D eigenvalue weighted by molar-refractivity contribution is -0.139.